The minimum absolute atomic E-state index is 0.0470. The van der Waals surface area contributed by atoms with Gasteiger partial charge in [0.05, 0.1) is 5.56 Å². The molecule has 2 aromatic carbocycles. The van der Waals surface area contributed by atoms with E-state index in [9.17, 15) is 9.18 Å². The van der Waals surface area contributed by atoms with Crippen LogP contribution < -0.4 is 4.74 Å². The Hall–Kier alpha value is -2.88. The van der Waals surface area contributed by atoms with Gasteiger partial charge in [0.15, 0.2) is 6.29 Å². The minimum Gasteiger partial charge on any atom is -0.489 e. The topological polar surface area (TPSA) is 31.2 Å². The van der Waals surface area contributed by atoms with Crippen molar-refractivity contribution in [3.8, 4) is 11.4 Å². The molecule has 0 aliphatic heterocycles. The van der Waals surface area contributed by atoms with Crippen molar-refractivity contribution in [3.05, 3.63) is 83.4 Å². The van der Waals surface area contributed by atoms with Crippen LogP contribution in [0.25, 0.3) is 5.69 Å². The molecule has 116 valence electrons. The summed E-state index contributed by atoms with van der Waals surface area (Å²) in [5, 5.41) is 0. The van der Waals surface area contributed by atoms with Gasteiger partial charge in [0.2, 0.25) is 0 Å². The number of ether oxygens (including phenoxy) is 1. The Kier molecular flexibility index (Phi) is 4.24. The van der Waals surface area contributed by atoms with Crippen molar-refractivity contribution in [1.29, 1.82) is 0 Å². The van der Waals surface area contributed by atoms with E-state index in [4.69, 9.17) is 4.74 Å². The molecule has 0 fully saturated rings. The fraction of sp³-hybridized carbons (Fsp3) is 0.105. The first-order valence-corrected chi connectivity index (χ1v) is 7.28. The van der Waals surface area contributed by atoms with Crippen LogP contribution in [0.4, 0.5) is 4.39 Å². The van der Waals surface area contributed by atoms with Gasteiger partial charge in [-0.15, -0.1) is 0 Å². The third kappa shape index (κ3) is 3.16. The van der Waals surface area contributed by atoms with Crippen molar-refractivity contribution in [2.45, 2.75) is 13.5 Å². The van der Waals surface area contributed by atoms with Gasteiger partial charge >= 0.3 is 0 Å². The van der Waals surface area contributed by atoms with E-state index in [0.717, 1.165) is 11.3 Å². The average Bonchev–Trinajstić information content (AvgIpc) is 3.09. The lowest BCUT2D eigenvalue weighted by Gasteiger charge is -2.12. The van der Waals surface area contributed by atoms with E-state index in [2.05, 4.69) is 0 Å². The van der Waals surface area contributed by atoms with Crippen LogP contribution in [0, 0.1) is 12.7 Å². The van der Waals surface area contributed by atoms with E-state index in [0.29, 0.717) is 17.6 Å². The van der Waals surface area contributed by atoms with Gasteiger partial charge in [0.1, 0.15) is 18.2 Å². The van der Waals surface area contributed by atoms with Crippen molar-refractivity contribution >= 4 is 6.29 Å². The van der Waals surface area contributed by atoms with Gasteiger partial charge in [-0.25, -0.2) is 4.39 Å². The van der Waals surface area contributed by atoms with Crippen LogP contribution >= 0.6 is 0 Å². The molecule has 1 aromatic heterocycles. The van der Waals surface area contributed by atoms with Gasteiger partial charge in [-0.3, -0.25) is 4.79 Å². The molecule has 23 heavy (non-hydrogen) atoms. The highest BCUT2D eigenvalue weighted by molar-refractivity contribution is 5.75. The number of nitrogens with zero attached hydrogens (tertiary/aromatic N) is 1. The van der Waals surface area contributed by atoms with Crippen molar-refractivity contribution in [2.75, 3.05) is 0 Å². The molecule has 3 rings (SSSR count). The second-order valence-corrected chi connectivity index (χ2v) is 5.27. The van der Waals surface area contributed by atoms with Crippen LogP contribution in [-0.4, -0.2) is 10.9 Å². The summed E-state index contributed by atoms with van der Waals surface area (Å²) in [6.07, 6.45) is 4.45. The van der Waals surface area contributed by atoms with Gasteiger partial charge in [-0.1, -0.05) is 12.1 Å². The van der Waals surface area contributed by atoms with Gasteiger partial charge < -0.3 is 9.30 Å². The number of halogens is 1. The van der Waals surface area contributed by atoms with Crippen LogP contribution in [0.3, 0.4) is 0 Å². The number of hydrogen-bond donors (Lipinski definition) is 0. The molecule has 0 saturated heterocycles. The van der Waals surface area contributed by atoms with Crippen molar-refractivity contribution < 1.29 is 13.9 Å². The zero-order valence-corrected chi connectivity index (χ0v) is 12.7. The number of rotatable bonds is 5. The molecule has 4 heteroatoms. The van der Waals surface area contributed by atoms with Gasteiger partial charge in [-0.05, 0) is 48.9 Å². The number of hydrogen-bond acceptors (Lipinski definition) is 2. The Morgan fingerprint density at radius 3 is 2.61 bits per heavy atom. The molecule has 0 saturated carbocycles. The lowest BCUT2D eigenvalue weighted by Crippen LogP contribution is -2.02. The Balaban J connectivity index is 1.78. The molecule has 0 unspecified atom stereocenters. The normalized spacial score (nSPS) is 10.5. The Morgan fingerprint density at radius 2 is 1.91 bits per heavy atom. The molecule has 0 aliphatic carbocycles. The highest BCUT2D eigenvalue weighted by Crippen LogP contribution is 2.23. The SMILES string of the molecule is Cc1cc(-n2cccc2)ccc1OCc1cccc(C=O)c1F. The second kappa shape index (κ2) is 6.48. The fourth-order valence-corrected chi connectivity index (χ4v) is 2.42. The number of aromatic nitrogens is 1. The maximum Gasteiger partial charge on any atom is 0.153 e. The van der Waals surface area contributed by atoms with E-state index in [1.165, 1.54) is 6.07 Å². The standard InChI is InChI=1S/C19H16FNO2/c1-14-11-17(21-9-2-3-10-21)7-8-18(14)23-13-16-6-4-5-15(12-22)19(16)20/h2-12H,13H2,1H3. The molecule has 0 spiro atoms. The predicted molar refractivity (Wildman–Crippen MR) is 86.6 cm³/mol. The van der Waals surface area contributed by atoms with Gasteiger partial charge in [0.25, 0.3) is 0 Å². The van der Waals surface area contributed by atoms with E-state index in [1.807, 2.05) is 54.2 Å². The van der Waals surface area contributed by atoms with E-state index < -0.39 is 5.82 Å². The highest BCUT2D eigenvalue weighted by Gasteiger charge is 2.09. The maximum absolute atomic E-state index is 14.0. The lowest BCUT2D eigenvalue weighted by molar-refractivity contribution is 0.111. The smallest absolute Gasteiger partial charge is 0.153 e. The first-order chi connectivity index (χ1) is 11.2. The maximum atomic E-state index is 14.0. The van der Waals surface area contributed by atoms with Crippen LogP contribution in [-0.2, 0) is 6.61 Å². The summed E-state index contributed by atoms with van der Waals surface area (Å²) in [5.74, 6) is 0.168. The Labute approximate surface area is 134 Å². The quantitative estimate of drug-likeness (QED) is 0.657. The molecular weight excluding hydrogens is 293 g/mol. The monoisotopic (exact) mass is 309 g/mol. The first kappa shape index (κ1) is 15.0. The third-order valence-electron chi connectivity index (χ3n) is 3.68. The Morgan fingerprint density at radius 1 is 1.13 bits per heavy atom. The molecular formula is C19H16FNO2. The van der Waals surface area contributed by atoms with E-state index in [1.54, 1.807) is 12.1 Å². The zero-order chi connectivity index (χ0) is 16.2. The summed E-state index contributed by atoms with van der Waals surface area (Å²) >= 11 is 0. The molecule has 0 radical (unpaired) electrons. The summed E-state index contributed by atoms with van der Waals surface area (Å²) in [4.78, 5) is 10.8. The van der Waals surface area contributed by atoms with Gasteiger partial charge in [-0.2, -0.15) is 0 Å². The summed E-state index contributed by atoms with van der Waals surface area (Å²) in [6, 6.07) is 14.5. The highest BCUT2D eigenvalue weighted by atomic mass is 19.1. The minimum atomic E-state index is -0.524. The van der Waals surface area contributed by atoms with Crippen LogP contribution in [0.2, 0.25) is 0 Å². The Bertz CT molecular complexity index is 825. The van der Waals surface area contributed by atoms with Crippen molar-refractivity contribution in [1.82, 2.24) is 4.57 Å². The number of benzene rings is 2. The summed E-state index contributed by atoms with van der Waals surface area (Å²) in [5.41, 5.74) is 2.41. The van der Waals surface area contributed by atoms with E-state index >= 15 is 0 Å². The van der Waals surface area contributed by atoms with Crippen LogP contribution in [0.15, 0.2) is 60.9 Å². The number of aldehydes is 1. The van der Waals surface area contributed by atoms with Crippen LogP contribution in [0.1, 0.15) is 21.5 Å². The summed E-state index contributed by atoms with van der Waals surface area (Å²) < 4.78 is 21.7. The zero-order valence-electron chi connectivity index (χ0n) is 12.7. The van der Waals surface area contributed by atoms with E-state index in [-0.39, 0.29) is 12.2 Å². The third-order valence-corrected chi connectivity index (χ3v) is 3.68. The number of aryl methyl sites for hydroxylation is 1. The molecule has 0 aliphatic rings. The van der Waals surface area contributed by atoms with Gasteiger partial charge in [0, 0.05) is 23.6 Å². The summed E-state index contributed by atoms with van der Waals surface area (Å²) in [7, 11) is 0. The average molecular weight is 309 g/mol. The largest absolute Gasteiger partial charge is 0.489 e. The number of carbonyl (C=O) groups excluding carboxylic acids is 1. The molecule has 0 bridgehead atoms. The van der Waals surface area contributed by atoms with Crippen molar-refractivity contribution in [2.24, 2.45) is 0 Å². The summed E-state index contributed by atoms with van der Waals surface area (Å²) in [6.45, 7) is 2.03. The lowest BCUT2D eigenvalue weighted by atomic mass is 10.1. The molecule has 3 nitrogen and oxygen atoms in total. The molecule has 0 N–H and O–H groups in total. The molecule has 1 heterocycles. The number of carbonyl (C=O) groups is 1. The molecule has 0 amide bonds. The van der Waals surface area contributed by atoms with Crippen LogP contribution in [0.5, 0.6) is 5.75 Å². The fourth-order valence-electron chi connectivity index (χ4n) is 2.42. The second-order valence-electron chi connectivity index (χ2n) is 5.27. The first-order valence-electron chi connectivity index (χ1n) is 7.28. The molecule has 0 atom stereocenters. The molecule has 3 aromatic rings. The van der Waals surface area contributed by atoms with Crippen molar-refractivity contribution in [3.63, 3.8) is 0 Å². The predicted octanol–water partition coefficient (Wildman–Crippen LogP) is 4.32.